The van der Waals surface area contributed by atoms with E-state index in [2.05, 4.69) is 21.2 Å². The number of hydrogen-bond acceptors (Lipinski definition) is 2. The second-order valence-corrected chi connectivity index (χ2v) is 5.20. The van der Waals surface area contributed by atoms with Gasteiger partial charge >= 0.3 is 0 Å². The summed E-state index contributed by atoms with van der Waals surface area (Å²) in [5.41, 5.74) is 1.86. The molecule has 1 amide bonds. The Morgan fingerprint density at radius 2 is 2.22 bits per heavy atom. The van der Waals surface area contributed by atoms with Crippen LogP contribution in [0.5, 0.6) is 0 Å². The summed E-state index contributed by atoms with van der Waals surface area (Å²) in [4.78, 5) is 12.0. The molecule has 98 valence electrons. The van der Waals surface area contributed by atoms with Crippen LogP contribution in [0.2, 0.25) is 0 Å². The van der Waals surface area contributed by atoms with Crippen LogP contribution in [0.3, 0.4) is 0 Å². The third kappa shape index (κ3) is 3.33. The Balaban J connectivity index is 1.93. The molecule has 1 saturated heterocycles. The number of ether oxygens (including phenoxy) is 1. The number of alkyl halides is 1. The molecule has 0 radical (unpaired) electrons. The fourth-order valence-corrected chi connectivity index (χ4v) is 2.50. The number of rotatable bonds is 4. The smallest absolute Gasteiger partial charge is 0.251 e. The molecule has 1 heterocycles. The molecule has 18 heavy (non-hydrogen) atoms. The zero-order chi connectivity index (χ0) is 13.0. The number of benzene rings is 1. The highest BCUT2D eigenvalue weighted by Crippen LogP contribution is 2.16. The Morgan fingerprint density at radius 1 is 1.50 bits per heavy atom. The topological polar surface area (TPSA) is 38.3 Å². The van der Waals surface area contributed by atoms with Crippen LogP contribution >= 0.6 is 15.9 Å². The number of carbonyl (C=O) groups is 1. The Labute approximate surface area is 116 Å². The standard InChI is InChI=1S/C14H18BrNO2/c1-10(13-3-2-8-18-13)16-14(17)12-6-4-11(9-15)5-7-12/h4-7,10,13H,2-3,8-9H2,1H3,(H,16,17). The minimum atomic E-state index is -0.0286. The molecule has 2 atom stereocenters. The van der Waals surface area contributed by atoms with Crippen LogP contribution in [-0.2, 0) is 10.1 Å². The van der Waals surface area contributed by atoms with E-state index >= 15 is 0 Å². The highest BCUT2D eigenvalue weighted by molar-refractivity contribution is 9.08. The van der Waals surface area contributed by atoms with Gasteiger partial charge in [-0.1, -0.05) is 28.1 Å². The fraction of sp³-hybridized carbons (Fsp3) is 0.500. The molecule has 1 aromatic carbocycles. The second-order valence-electron chi connectivity index (χ2n) is 4.64. The molecule has 0 aromatic heterocycles. The average Bonchev–Trinajstić information content (AvgIpc) is 2.92. The molecule has 0 aliphatic carbocycles. The SMILES string of the molecule is CC(NC(=O)c1ccc(CBr)cc1)C1CCCO1. The molecule has 3 nitrogen and oxygen atoms in total. The van der Waals surface area contributed by atoms with Crippen molar-refractivity contribution in [1.82, 2.24) is 5.32 Å². The third-order valence-corrected chi connectivity index (χ3v) is 3.90. The minimum absolute atomic E-state index is 0.0286. The molecule has 0 spiro atoms. The lowest BCUT2D eigenvalue weighted by molar-refractivity contribution is 0.0712. The van der Waals surface area contributed by atoms with Crippen molar-refractivity contribution < 1.29 is 9.53 Å². The maximum absolute atomic E-state index is 12.0. The highest BCUT2D eigenvalue weighted by Gasteiger charge is 2.23. The molecule has 0 saturated carbocycles. The van der Waals surface area contributed by atoms with Gasteiger partial charge in [0.1, 0.15) is 0 Å². The van der Waals surface area contributed by atoms with Crippen molar-refractivity contribution in [3.05, 3.63) is 35.4 Å². The minimum Gasteiger partial charge on any atom is -0.376 e. The summed E-state index contributed by atoms with van der Waals surface area (Å²) in [6.45, 7) is 2.81. The van der Waals surface area contributed by atoms with Crippen LogP contribution in [0.25, 0.3) is 0 Å². The van der Waals surface area contributed by atoms with E-state index in [4.69, 9.17) is 4.74 Å². The van der Waals surface area contributed by atoms with E-state index in [9.17, 15) is 4.79 Å². The van der Waals surface area contributed by atoms with E-state index in [1.165, 1.54) is 5.56 Å². The summed E-state index contributed by atoms with van der Waals surface area (Å²) in [6.07, 6.45) is 2.28. The Hall–Kier alpha value is -0.870. The predicted octanol–water partition coefficient (Wildman–Crippen LogP) is 2.88. The van der Waals surface area contributed by atoms with Crippen molar-refractivity contribution in [1.29, 1.82) is 0 Å². The van der Waals surface area contributed by atoms with Crippen molar-refractivity contribution in [2.24, 2.45) is 0 Å². The largest absolute Gasteiger partial charge is 0.376 e. The van der Waals surface area contributed by atoms with E-state index in [1.807, 2.05) is 31.2 Å². The first kappa shape index (κ1) is 13.6. The molecule has 1 fully saturated rings. The fourth-order valence-electron chi connectivity index (χ4n) is 2.13. The lowest BCUT2D eigenvalue weighted by atomic mass is 10.1. The lowest BCUT2D eigenvalue weighted by Gasteiger charge is -2.20. The average molecular weight is 312 g/mol. The lowest BCUT2D eigenvalue weighted by Crippen LogP contribution is -2.40. The van der Waals surface area contributed by atoms with Gasteiger partial charge in [0, 0.05) is 17.5 Å². The van der Waals surface area contributed by atoms with Crippen molar-refractivity contribution in [3.8, 4) is 0 Å². The van der Waals surface area contributed by atoms with Crippen molar-refractivity contribution in [2.45, 2.75) is 37.2 Å². The maximum Gasteiger partial charge on any atom is 0.251 e. The number of amides is 1. The van der Waals surface area contributed by atoms with Gasteiger partial charge in [0.25, 0.3) is 5.91 Å². The molecule has 2 unspecified atom stereocenters. The first-order valence-electron chi connectivity index (χ1n) is 6.28. The van der Waals surface area contributed by atoms with Gasteiger partial charge in [-0.25, -0.2) is 0 Å². The van der Waals surface area contributed by atoms with Crippen LogP contribution in [0, 0.1) is 0 Å². The van der Waals surface area contributed by atoms with Crippen LogP contribution < -0.4 is 5.32 Å². The van der Waals surface area contributed by atoms with Crippen LogP contribution in [0.4, 0.5) is 0 Å². The molecular weight excluding hydrogens is 294 g/mol. The van der Waals surface area contributed by atoms with Gasteiger partial charge in [0.2, 0.25) is 0 Å². The van der Waals surface area contributed by atoms with Gasteiger partial charge in [0.05, 0.1) is 12.1 Å². The first-order valence-corrected chi connectivity index (χ1v) is 7.40. The second kappa shape index (κ2) is 6.34. The van der Waals surface area contributed by atoms with Gasteiger partial charge in [-0.2, -0.15) is 0 Å². The molecular formula is C14H18BrNO2. The van der Waals surface area contributed by atoms with Crippen LogP contribution in [-0.4, -0.2) is 24.7 Å². The van der Waals surface area contributed by atoms with Crippen molar-refractivity contribution >= 4 is 21.8 Å². The third-order valence-electron chi connectivity index (χ3n) is 3.25. The Morgan fingerprint density at radius 3 is 2.78 bits per heavy atom. The van der Waals surface area contributed by atoms with E-state index in [-0.39, 0.29) is 18.1 Å². The van der Waals surface area contributed by atoms with E-state index in [1.54, 1.807) is 0 Å². The van der Waals surface area contributed by atoms with Gasteiger partial charge in [-0.3, -0.25) is 4.79 Å². The highest BCUT2D eigenvalue weighted by atomic mass is 79.9. The van der Waals surface area contributed by atoms with Gasteiger partial charge < -0.3 is 10.1 Å². The number of hydrogen-bond donors (Lipinski definition) is 1. The zero-order valence-electron chi connectivity index (χ0n) is 10.5. The van der Waals surface area contributed by atoms with Crippen molar-refractivity contribution in [2.75, 3.05) is 6.61 Å². The summed E-state index contributed by atoms with van der Waals surface area (Å²) in [6, 6.07) is 7.69. The summed E-state index contributed by atoms with van der Waals surface area (Å²) < 4.78 is 5.57. The van der Waals surface area contributed by atoms with Gasteiger partial charge in [-0.15, -0.1) is 0 Å². The van der Waals surface area contributed by atoms with Gasteiger partial charge in [-0.05, 0) is 37.5 Å². The predicted molar refractivity (Wildman–Crippen MR) is 75.0 cm³/mol. The van der Waals surface area contributed by atoms with E-state index < -0.39 is 0 Å². The van der Waals surface area contributed by atoms with Crippen LogP contribution in [0.1, 0.15) is 35.7 Å². The summed E-state index contributed by atoms with van der Waals surface area (Å²) in [5, 5.41) is 3.81. The molecule has 4 heteroatoms. The summed E-state index contributed by atoms with van der Waals surface area (Å²) >= 11 is 3.39. The Bertz CT molecular complexity index is 399. The zero-order valence-corrected chi connectivity index (χ0v) is 12.1. The summed E-state index contributed by atoms with van der Waals surface area (Å²) in [5.74, 6) is -0.0286. The molecule has 0 bridgehead atoms. The normalized spacial score (nSPS) is 20.7. The Kier molecular flexibility index (Phi) is 4.78. The number of halogens is 1. The number of carbonyl (C=O) groups excluding carboxylic acids is 1. The van der Waals surface area contributed by atoms with Crippen molar-refractivity contribution in [3.63, 3.8) is 0 Å². The summed E-state index contributed by atoms with van der Waals surface area (Å²) in [7, 11) is 0. The van der Waals surface area contributed by atoms with E-state index in [0.717, 1.165) is 24.8 Å². The maximum atomic E-state index is 12.0. The first-order chi connectivity index (χ1) is 8.70. The molecule has 1 aromatic rings. The van der Waals surface area contributed by atoms with E-state index in [0.29, 0.717) is 5.56 Å². The molecule has 1 N–H and O–H groups in total. The quantitative estimate of drug-likeness (QED) is 0.868. The molecule has 1 aliphatic heterocycles. The van der Waals surface area contributed by atoms with Gasteiger partial charge in [0.15, 0.2) is 0 Å². The monoisotopic (exact) mass is 311 g/mol. The molecule has 2 rings (SSSR count). The van der Waals surface area contributed by atoms with Crippen LogP contribution in [0.15, 0.2) is 24.3 Å². The molecule has 1 aliphatic rings. The number of nitrogens with one attached hydrogen (secondary N) is 1.